The van der Waals surface area contributed by atoms with Crippen molar-refractivity contribution in [2.24, 2.45) is 0 Å². The summed E-state index contributed by atoms with van der Waals surface area (Å²) < 4.78 is 10.8. The van der Waals surface area contributed by atoms with Crippen molar-refractivity contribution in [3.05, 3.63) is 65.2 Å². The number of fused-ring (bicyclic) bond motifs is 1. The normalized spacial score (nSPS) is 16.0. The van der Waals surface area contributed by atoms with Gasteiger partial charge in [-0.1, -0.05) is 36.4 Å². The van der Waals surface area contributed by atoms with E-state index < -0.39 is 18.2 Å². The molecule has 0 saturated heterocycles. The van der Waals surface area contributed by atoms with Crippen LogP contribution < -0.4 is 4.74 Å². The maximum absolute atomic E-state index is 12.8. The summed E-state index contributed by atoms with van der Waals surface area (Å²) in [7, 11) is 0. The Balaban J connectivity index is 1.89. The van der Waals surface area contributed by atoms with Crippen molar-refractivity contribution >= 4 is 12.1 Å². The second-order valence-electron chi connectivity index (χ2n) is 7.46. The van der Waals surface area contributed by atoms with Crippen LogP contribution in [-0.4, -0.2) is 34.3 Å². The molecule has 27 heavy (non-hydrogen) atoms. The van der Waals surface area contributed by atoms with Crippen LogP contribution in [0.15, 0.2) is 48.5 Å². The Bertz CT molecular complexity index is 838. The number of nitrogens with zero attached hydrogens (tertiary/aromatic N) is 1. The molecule has 1 aliphatic rings. The Morgan fingerprint density at radius 1 is 1.11 bits per heavy atom. The van der Waals surface area contributed by atoms with Crippen molar-refractivity contribution in [2.45, 2.75) is 39.0 Å². The number of amides is 1. The van der Waals surface area contributed by atoms with Crippen molar-refractivity contribution in [2.75, 3.05) is 6.61 Å². The number of benzene rings is 2. The van der Waals surface area contributed by atoms with Crippen molar-refractivity contribution < 1.29 is 24.2 Å². The fourth-order valence-electron chi connectivity index (χ4n) is 3.13. The maximum Gasteiger partial charge on any atom is 0.411 e. The summed E-state index contributed by atoms with van der Waals surface area (Å²) in [5.74, 6) is -0.559. The van der Waals surface area contributed by atoms with Crippen molar-refractivity contribution in [3.8, 4) is 5.75 Å². The fraction of sp³-hybridized carbons (Fsp3) is 0.333. The number of hydrogen-bond donors (Lipinski definition) is 1. The second kappa shape index (κ2) is 7.31. The van der Waals surface area contributed by atoms with Crippen LogP contribution in [0, 0.1) is 0 Å². The molecule has 6 nitrogen and oxygen atoms in total. The van der Waals surface area contributed by atoms with Gasteiger partial charge in [-0.3, -0.25) is 4.90 Å². The van der Waals surface area contributed by atoms with Crippen LogP contribution in [0.3, 0.4) is 0 Å². The van der Waals surface area contributed by atoms with Crippen LogP contribution >= 0.6 is 0 Å². The van der Waals surface area contributed by atoms with Gasteiger partial charge < -0.3 is 14.6 Å². The van der Waals surface area contributed by atoms with E-state index in [9.17, 15) is 9.59 Å². The molecule has 0 fully saturated rings. The van der Waals surface area contributed by atoms with E-state index in [1.54, 1.807) is 17.0 Å². The number of carbonyl (C=O) groups excluding carboxylic acids is 1. The van der Waals surface area contributed by atoms with Gasteiger partial charge in [0.2, 0.25) is 0 Å². The van der Waals surface area contributed by atoms with Gasteiger partial charge in [-0.05, 0) is 49.6 Å². The average molecular weight is 369 g/mol. The molecule has 0 bridgehead atoms. The first-order valence-corrected chi connectivity index (χ1v) is 8.76. The van der Waals surface area contributed by atoms with E-state index in [0.717, 1.165) is 16.7 Å². The van der Waals surface area contributed by atoms with Crippen LogP contribution in [0.2, 0.25) is 0 Å². The summed E-state index contributed by atoms with van der Waals surface area (Å²) >= 11 is 0. The smallest absolute Gasteiger partial charge is 0.411 e. The molecule has 1 aliphatic heterocycles. The van der Waals surface area contributed by atoms with E-state index in [1.807, 2.05) is 57.2 Å². The van der Waals surface area contributed by atoms with Gasteiger partial charge in [0.1, 0.15) is 11.4 Å². The SMILES string of the molecule is CC(C)(C)OC(=O)N1Cc2ccccc2C1c1ccc(OCC(=O)O)cc1. The van der Waals surface area contributed by atoms with Gasteiger partial charge in [-0.15, -0.1) is 0 Å². The fourth-order valence-corrected chi connectivity index (χ4v) is 3.13. The number of carbonyl (C=O) groups is 2. The van der Waals surface area contributed by atoms with Gasteiger partial charge in [-0.2, -0.15) is 0 Å². The standard InChI is InChI=1S/C21H23NO5/c1-21(2,3)27-20(25)22-12-15-6-4-5-7-17(15)19(22)14-8-10-16(11-9-14)26-13-18(23)24/h4-11,19H,12-13H2,1-3H3,(H,23,24). The zero-order valence-electron chi connectivity index (χ0n) is 15.6. The highest BCUT2D eigenvalue weighted by molar-refractivity contribution is 5.71. The molecular weight excluding hydrogens is 346 g/mol. The van der Waals surface area contributed by atoms with E-state index in [4.69, 9.17) is 14.6 Å². The largest absolute Gasteiger partial charge is 0.482 e. The molecule has 0 saturated carbocycles. The van der Waals surface area contributed by atoms with Crippen molar-refractivity contribution in [1.29, 1.82) is 0 Å². The Labute approximate surface area is 158 Å². The molecule has 0 radical (unpaired) electrons. The molecule has 1 N–H and O–H groups in total. The number of hydrogen-bond acceptors (Lipinski definition) is 4. The van der Waals surface area contributed by atoms with E-state index in [2.05, 4.69) is 0 Å². The minimum absolute atomic E-state index is 0.260. The van der Waals surface area contributed by atoms with E-state index in [0.29, 0.717) is 12.3 Å². The molecule has 0 spiro atoms. The highest BCUT2D eigenvalue weighted by atomic mass is 16.6. The highest BCUT2D eigenvalue weighted by Gasteiger charge is 2.36. The molecule has 3 rings (SSSR count). The van der Waals surface area contributed by atoms with Crippen molar-refractivity contribution in [3.63, 3.8) is 0 Å². The molecular formula is C21H23NO5. The van der Waals surface area contributed by atoms with Crippen LogP contribution in [0.4, 0.5) is 4.79 Å². The molecule has 142 valence electrons. The summed E-state index contributed by atoms with van der Waals surface area (Å²) in [5.41, 5.74) is 2.47. The number of carboxylic acids is 1. The summed E-state index contributed by atoms with van der Waals surface area (Å²) in [6.45, 7) is 5.62. The third-order valence-corrected chi connectivity index (χ3v) is 4.19. The Morgan fingerprint density at radius 3 is 2.41 bits per heavy atom. The predicted molar refractivity (Wildman–Crippen MR) is 99.6 cm³/mol. The zero-order chi connectivity index (χ0) is 19.6. The lowest BCUT2D eigenvalue weighted by Crippen LogP contribution is -2.36. The molecule has 2 aromatic rings. The minimum Gasteiger partial charge on any atom is -0.482 e. The average Bonchev–Trinajstić information content (AvgIpc) is 2.99. The van der Waals surface area contributed by atoms with Gasteiger partial charge in [0.15, 0.2) is 6.61 Å². The van der Waals surface area contributed by atoms with E-state index in [1.165, 1.54) is 0 Å². The van der Waals surface area contributed by atoms with E-state index in [-0.39, 0.29) is 12.1 Å². The van der Waals surface area contributed by atoms with Crippen LogP contribution in [0.25, 0.3) is 0 Å². The lowest BCUT2D eigenvalue weighted by atomic mass is 9.98. The van der Waals surface area contributed by atoms with Gasteiger partial charge >= 0.3 is 12.1 Å². The van der Waals surface area contributed by atoms with Gasteiger partial charge in [0.05, 0.1) is 12.6 Å². The Kier molecular flexibility index (Phi) is 5.08. The lowest BCUT2D eigenvalue weighted by Gasteiger charge is -2.29. The van der Waals surface area contributed by atoms with Crippen molar-refractivity contribution in [1.82, 2.24) is 4.90 Å². The molecule has 1 atom stereocenters. The third-order valence-electron chi connectivity index (χ3n) is 4.19. The Hall–Kier alpha value is -3.02. The molecule has 1 unspecified atom stereocenters. The summed E-state index contributed by atoms with van der Waals surface area (Å²) in [5, 5.41) is 8.72. The van der Waals surface area contributed by atoms with Crippen LogP contribution in [0.1, 0.15) is 43.5 Å². The van der Waals surface area contributed by atoms with Crippen LogP contribution in [-0.2, 0) is 16.1 Å². The summed E-state index contributed by atoms with van der Waals surface area (Å²) in [4.78, 5) is 25.1. The first-order valence-electron chi connectivity index (χ1n) is 8.76. The third kappa shape index (κ3) is 4.39. The molecule has 0 aliphatic carbocycles. The number of aliphatic carboxylic acids is 1. The molecule has 6 heteroatoms. The van der Waals surface area contributed by atoms with Crippen LogP contribution in [0.5, 0.6) is 5.75 Å². The monoisotopic (exact) mass is 369 g/mol. The lowest BCUT2D eigenvalue weighted by molar-refractivity contribution is -0.139. The highest BCUT2D eigenvalue weighted by Crippen LogP contribution is 2.39. The molecule has 1 amide bonds. The summed E-state index contributed by atoms with van der Waals surface area (Å²) in [6.07, 6.45) is -0.366. The predicted octanol–water partition coefficient (Wildman–Crippen LogP) is 3.99. The van der Waals surface area contributed by atoms with Gasteiger partial charge in [-0.25, -0.2) is 9.59 Å². The topological polar surface area (TPSA) is 76.1 Å². The van der Waals surface area contributed by atoms with E-state index >= 15 is 0 Å². The summed E-state index contributed by atoms with van der Waals surface area (Å²) in [6, 6.07) is 14.8. The quantitative estimate of drug-likeness (QED) is 0.882. The minimum atomic E-state index is -1.03. The number of ether oxygens (including phenoxy) is 2. The molecule has 0 aromatic heterocycles. The first kappa shape index (κ1) is 18.8. The van der Waals surface area contributed by atoms with Gasteiger partial charge in [0, 0.05) is 0 Å². The second-order valence-corrected chi connectivity index (χ2v) is 7.46. The zero-order valence-corrected chi connectivity index (χ0v) is 15.6. The maximum atomic E-state index is 12.8. The number of carboxylic acid groups (broad SMARTS) is 1. The Morgan fingerprint density at radius 2 is 1.78 bits per heavy atom. The van der Waals surface area contributed by atoms with Gasteiger partial charge in [0.25, 0.3) is 0 Å². The molecule has 2 aromatic carbocycles. The molecule has 1 heterocycles. The number of rotatable bonds is 4. The first-order chi connectivity index (χ1) is 12.7.